The van der Waals surface area contributed by atoms with Crippen LogP contribution in [0.3, 0.4) is 0 Å². The predicted octanol–water partition coefficient (Wildman–Crippen LogP) is 1.41. The highest BCUT2D eigenvalue weighted by Gasteiger charge is 2.09. The van der Waals surface area contributed by atoms with E-state index >= 15 is 0 Å². The highest BCUT2D eigenvalue weighted by atomic mass is 35.5. The fourth-order valence-electron chi connectivity index (χ4n) is 1.07. The number of nitrogens with two attached hydrogens (primary N) is 1. The van der Waals surface area contributed by atoms with Gasteiger partial charge in [0, 0.05) is 12.7 Å². The summed E-state index contributed by atoms with van der Waals surface area (Å²) in [4.78, 5) is 15.6. The summed E-state index contributed by atoms with van der Waals surface area (Å²) in [5.41, 5.74) is 2.76. The third-order valence-electron chi connectivity index (χ3n) is 1.91. The molecule has 16 heavy (non-hydrogen) atoms. The number of anilines is 1. The van der Waals surface area contributed by atoms with Gasteiger partial charge in [-0.2, -0.15) is 0 Å². The highest BCUT2D eigenvalue weighted by molar-refractivity contribution is 6.33. The van der Waals surface area contributed by atoms with E-state index in [0.717, 1.165) is 0 Å². The molecule has 4 N–H and O–H groups in total. The average Bonchev–Trinajstić information content (AvgIpc) is 2.25. The number of carbonyl (C=O) groups is 1. The number of nitrogens with zero attached hydrogens (tertiary/aromatic N) is 1. The summed E-state index contributed by atoms with van der Waals surface area (Å²) >= 11 is 5.85. The first-order chi connectivity index (χ1) is 7.54. The van der Waals surface area contributed by atoms with Gasteiger partial charge in [-0.05, 0) is 12.0 Å². The van der Waals surface area contributed by atoms with Crippen molar-refractivity contribution < 1.29 is 4.79 Å². The molecule has 0 unspecified atom stereocenters. The Balaban J connectivity index is 2.73. The molecule has 0 radical (unpaired) electrons. The highest BCUT2D eigenvalue weighted by Crippen LogP contribution is 2.18. The van der Waals surface area contributed by atoms with Gasteiger partial charge >= 0.3 is 0 Å². The SMILES string of the molecule is CC(C)CNC(=O)c1cnc(NN)c(Cl)c1. The number of halogens is 1. The number of carbonyl (C=O) groups excluding carboxylic acids is 1. The van der Waals surface area contributed by atoms with E-state index in [1.54, 1.807) is 0 Å². The lowest BCUT2D eigenvalue weighted by atomic mass is 10.2. The van der Waals surface area contributed by atoms with Gasteiger partial charge in [-0.15, -0.1) is 0 Å². The second-order valence-electron chi connectivity index (χ2n) is 3.80. The summed E-state index contributed by atoms with van der Waals surface area (Å²) in [5, 5.41) is 3.09. The van der Waals surface area contributed by atoms with Gasteiger partial charge in [0.2, 0.25) is 0 Å². The lowest BCUT2D eigenvalue weighted by Gasteiger charge is -2.08. The van der Waals surface area contributed by atoms with Crippen LogP contribution in [0, 0.1) is 5.92 Å². The number of rotatable bonds is 4. The average molecular weight is 243 g/mol. The van der Waals surface area contributed by atoms with Crippen LogP contribution in [0.15, 0.2) is 12.3 Å². The molecule has 0 saturated carbocycles. The van der Waals surface area contributed by atoms with Gasteiger partial charge < -0.3 is 10.7 Å². The number of amides is 1. The van der Waals surface area contributed by atoms with Crippen molar-refractivity contribution in [1.82, 2.24) is 10.3 Å². The number of nitrogen functional groups attached to an aromatic ring is 1. The molecule has 0 aliphatic rings. The summed E-state index contributed by atoms with van der Waals surface area (Å²) in [6.45, 7) is 4.66. The van der Waals surface area contributed by atoms with Crippen LogP contribution in [0.4, 0.5) is 5.82 Å². The Bertz CT molecular complexity index is 381. The van der Waals surface area contributed by atoms with Crippen LogP contribution in [0.2, 0.25) is 5.02 Å². The molecule has 0 saturated heterocycles. The van der Waals surface area contributed by atoms with E-state index < -0.39 is 0 Å². The first kappa shape index (κ1) is 12.7. The fourth-order valence-corrected chi connectivity index (χ4v) is 1.29. The normalized spacial score (nSPS) is 10.3. The van der Waals surface area contributed by atoms with Gasteiger partial charge in [-0.3, -0.25) is 4.79 Å². The van der Waals surface area contributed by atoms with Gasteiger partial charge in [-0.1, -0.05) is 25.4 Å². The Morgan fingerprint density at radius 2 is 2.31 bits per heavy atom. The van der Waals surface area contributed by atoms with Gasteiger partial charge in [0.15, 0.2) is 5.82 Å². The second kappa shape index (κ2) is 5.67. The Morgan fingerprint density at radius 1 is 1.62 bits per heavy atom. The molecular formula is C10H15ClN4O. The Morgan fingerprint density at radius 3 is 2.81 bits per heavy atom. The van der Waals surface area contributed by atoms with Crippen molar-refractivity contribution in [3.63, 3.8) is 0 Å². The topological polar surface area (TPSA) is 80.0 Å². The number of nitrogens with one attached hydrogen (secondary N) is 2. The van der Waals surface area contributed by atoms with Gasteiger partial charge in [0.05, 0.1) is 10.6 Å². The first-order valence-corrected chi connectivity index (χ1v) is 5.32. The molecular weight excluding hydrogens is 228 g/mol. The van der Waals surface area contributed by atoms with Crippen molar-refractivity contribution in [1.29, 1.82) is 0 Å². The minimum absolute atomic E-state index is 0.188. The molecule has 0 fully saturated rings. The van der Waals surface area contributed by atoms with Crippen molar-refractivity contribution >= 4 is 23.3 Å². The molecule has 0 atom stereocenters. The lowest BCUT2D eigenvalue weighted by Crippen LogP contribution is -2.27. The monoisotopic (exact) mass is 242 g/mol. The zero-order chi connectivity index (χ0) is 12.1. The Hall–Kier alpha value is -1.33. The molecule has 88 valence electrons. The zero-order valence-corrected chi connectivity index (χ0v) is 10.0. The van der Waals surface area contributed by atoms with Crippen molar-refractivity contribution in [3.05, 3.63) is 22.8 Å². The molecule has 0 spiro atoms. The van der Waals surface area contributed by atoms with E-state index in [0.29, 0.717) is 28.9 Å². The first-order valence-electron chi connectivity index (χ1n) is 4.95. The molecule has 5 nitrogen and oxygen atoms in total. The van der Waals surface area contributed by atoms with Crippen molar-refractivity contribution in [3.8, 4) is 0 Å². The maximum absolute atomic E-state index is 11.6. The number of hydrazine groups is 1. The zero-order valence-electron chi connectivity index (χ0n) is 9.25. The molecule has 1 aromatic heterocycles. The molecule has 0 aliphatic heterocycles. The van der Waals surface area contributed by atoms with Crippen LogP contribution in [0.25, 0.3) is 0 Å². The molecule has 0 aliphatic carbocycles. The van der Waals surface area contributed by atoms with Crippen molar-refractivity contribution in [2.75, 3.05) is 12.0 Å². The third kappa shape index (κ3) is 3.36. The lowest BCUT2D eigenvalue weighted by molar-refractivity contribution is 0.0948. The second-order valence-corrected chi connectivity index (χ2v) is 4.21. The summed E-state index contributed by atoms with van der Waals surface area (Å²) in [6, 6.07) is 1.53. The third-order valence-corrected chi connectivity index (χ3v) is 2.20. The molecule has 0 bridgehead atoms. The van der Waals surface area contributed by atoms with Gasteiger partial charge in [0.1, 0.15) is 0 Å². The molecule has 0 aromatic carbocycles. The summed E-state index contributed by atoms with van der Waals surface area (Å²) in [5.74, 6) is 5.74. The number of pyridine rings is 1. The Kier molecular flexibility index (Phi) is 4.52. The maximum Gasteiger partial charge on any atom is 0.252 e. The fraction of sp³-hybridized carbons (Fsp3) is 0.400. The van der Waals surface area contributed by atoms with Gasteiger partial charge in [-0.25, -0.2) is 10.8 Å². The van der Waals surface area contributed by atoms with E-state index in [1.165, 1.54) is 12.3 Å². The van der Waals surface area contributed by atoms with Crippen LogP contribution in [0.5, 0.6) is 0 Å². The molecule has 1 rings (SSSR count). The summed E-state index contributed by atoms with van der Waals surface area (Å²) in [7, 11) is 0. The Labute approximate surface area is 99.4 Å². The smallest absolute Gasteiger partial charge is 0.252 e. The quantitative estimate of drug-likeness (QED) is 0.551. The number of hydrogen-bond acceptors (Lipinski definition) is 4. The number of aromatic nitrogens is 1. The summed E-state index contributed by atoms with van der Waals surface area (Å²) < 4.78 is 0. The minimum atomic E-state index is -0.188. The molecule has 1 amide bonds. The van der Waals surface area contributed by atoms with Crippen LogP contribution >= 0.6 is 11.6 Å². The van der Waals surface area contributed by atoms with Gasteiger partial charge in [0.25, 0.3) is 5.91 Å². The van der Waals surface area contributed by atoms with E-state index in [1.807, 2.05) is 13.8 Å². The summed E-state index contributed by atoms with van der Waals surface area (Å²) in [6.07, 6.45) is 1.43. The molecule has 6 heteroatoms. The van der Waals surface area contributed by atoms with E-state index in [9.17, 15) is 4.79 Å². The van der Waals surface area contributed by atoms with Crippen LogP contribution in [-0.4, -0.2) is 17.4 Å². The van der Waals surface area contributed by atoms with Crippen LogP contribution in [-0.2, 0) is 0 Å². The van der Waals surface area contributed by atoms with Crippen molar-refractivity contribution in [2.45, 2.75) is 13.8 Å². The molecule has 1 heterocycles. The number of hydrogen-bond donors (Lipinski definition) is 3. The standard InChI is InChI=1S/C10H15ClN4O/c1-6(2)4-14-10(16)7-3-8(11)9(15-12)13-5-7/h3,5-6H,4,12H2,1-2H3,(H,13,15)(H,14,16). The van der Waals surface area contributed by atoms with E-state index in [-0.39, 0.29) is 5.91 Å². The largest absolute Gasteiger partial charge is 0.352 e. The predicted molar refractivity (Wildman–Crippen MR) is 64.2 cm³/mol. The molecule has 1 aromatic rings. The van der Waals surface area contributed by atoms with Crippen LogP contribution < -0.4 is 16.6 Å². The van der Waals surface area contributed by atoms with Crippen LogP contribution in [0.1, 0.15) is 24.2 Å². The van der Waals surface area contributed by atoms with E-state index in [4.69, 9.17) is 17.4 Å². The maximum atomic E-state index is 11.6. The van der Waals surface area contributed by atoms with E-state index in [2.05, 4.69) is 15.7 Å². The minimum Gasteiger partial charge on any atom is -0.352 e. The van der Waals surface area contributed by atoms with Crippen molar-refractivity contribution in [2.24, 2.45) is 11.8 Å².